The third-order valence-corrected chi connectivity index (χ3v) is 6.25. The van der Waals surface area contributed by atoms with Gasteiger partial charge in [-0.1, -0.05) is 63.9 Å². The van der Waals surface area contributed by atoms with Crippen molar-refractivity contribution in [3.05, 3.63) is 70.4 Å². The molecular formula is C26H31NO. The molecule has 0 saturated heterocycles. The van der Waals surface area contributed by atoms with E-state index in [1.807, 2.05) is 12.1 Å². The third-order valence-electron chi connectivity index (χ3n) is 6.25. The van der Waals surface area contributed by atoms with Gasteiger partial charge in [-0.15, -0.1) is 0 Å². The number of unbranched alkanes of at least 4 members (excludes halogenated alkanes) is 2. The summed E-state index contributed by atoms with van der Waals surface area (Å²) in [5.41, 5.74) is 7.04. The lowest BCUT2D eigenvalue weighted by molar-refractivity contribution is 0.103. The Morgan fingerprint density at radius 1 is 1.04 bits per heavy atom. The van der Waals surface area contributed by atoms with E-state index in [9.17, 15) is 4.79 Å². The van der Waals surface area contributed by atoms with Gasteiger partial charge in [0.25, 0.3) is 0 Å². The zero-order chi connectivity index (χ0) is 19.9. The number of fused-ring (bicyclic) bond motifs is 2. The van der Waals surface area contributed by atoms with Gasteiger partial charge < -0.3 is 4.57 Å². The highest BCUT2D eigenvalue weighted by atomic mass is 16.1. The molecule has 2 heteroatoms. The van der Waals surface area contributed by atoms with E-state index in [0.29, 0.717) is 5.41 Å². The van der Waals surface area contributed by atoms with Crippen LogP contribution in [0.3, 0.4) is 0 Å². The molecule has 0 amide bonds. The predicted molar refractivity (Wildman–Crippen MR) is 117 cm³/mol. The lowest BCUT2D eigenvalue weighted by Gasteiger charge is -2.14. The molecule has 0 atom stereocenters. The Morgan fingerprint density at radius 2 is 1.79 bits per heavy atom. The summed E-state index contributed by atoms with van der Waals surface area (Å²) < 4.78 is 2.34. The Bertz CT molecular complexity index is 1040. The van der Waals surface area contributed by atoms with Crippen LogP contribution in [0.5, 0.6) is 0 Å². The Hall–Kier alpha value is -2.35. The number of benzene rings is 2. The third kappa shape index (κ3) is 3.30. The first-order chi connectivity index (χ1) is 13.4. The zero-order valence-electron chi connectivity index (χ0n) is 17.6. The molecule has 0 radical (unpaired) electrons. The van der Waals surface area contributed by atoms with E-state index in [1.165, 1.54) is 29.5 Å². The molecule has 3 aromatic rings. The second kappa shape index (κ2) is 7.24. The monoisotopic (exact) mass is 373 g/mol. The number of rotatable bonds is 6. The first-order valence-electron chi connectivity index (χ1n) is 10.7. The van der Waals surface area contributed by atoms with Crippen LogP contribution in [0, 0.1) is 12.3 Å². The van der Waals surface area contributed by atoms with Gasteiger partial charge >= 0.3 is 0 Å². The second-order valence-electron chi connectivity index (χ2n) is 9.17. The molecule has 0 fully saturated rings. The number of hydrogen-bond acceptors (Lipinski definition) is 1. The molecule has 0 spiro atoms. The highest BCUT2D eigenvalue weighted by molar-refractivity contribution is 6.17. The number of ketones is 1. The normalized spacial score (nSPS) is 15.1. The molecule has 2 nitrogen and oxygen atoms in total. The predicted octanol–water partition coefficient (Wildman–Crippen LogP) is 6.50. The molecule has 0 saturated carbocycles. The van der Waals surface area contributed by atoms with Gasteiger partial charge in [0.05, 0.1) is 5.56 Å². The fraction of sp³-hybridized carbons (Fsp3) is 0.423. The van der Waals surface area contributed by atoms with Crippen LogP contribution in [-0.2, 0) is 19.4 Å². The molecule has 1 aromatic heterocycles. The van der Waals surface area contributed by atoms with Crippen LogP contribution in [0.2, 0.25) is 0 Å². The van der Waals surface area contributed by atoms with Crippen LogP contribution in [0.15, 0.2) is 42.5 Å². The number of carbonyl (C=O) groups excluding carboxylic acids is 1. The van der Waals surface area contributed by atoms with E-state index in [2.05, 4.69) is 62.6 Å². The maximum absolute atomic E-state index is 13.6. The Balaban J connectivity index is 1.75. The number of para-hydroxylation sites is 1. The van der Waals surface area contributed by atoms with E-state index >= 15 is 0 Å². The summed E-state index contributed by atoms with van der Waals surface area (Å²) >= 11 is 0. The minimum atomic E-state index is 0.162. The number of carbonyl (C=O) groups is 1. The van der Waals surface area contributed by atoms with E-state index in [0.717, 1.165) is 48.0 Å². The van der Waals surface area contributed by atoms with Crippen molar-refractivity contribution in [1.82, 2.24) is 4.57 Å². The summed E-state index contributed by atoms with van der Waals surface area (Å²) in [4.78, 5) is 13.6. The van der Waals surface area contributed by atoms with E-state index in [4.69, 9.17) is 0 Å². The van der Waals surface area contributed by atoms with Crippen molar-refractivity contribution in [2.24, 2.45) is 5.41 Å². The highest BCUT2D eigenvalue weighted by Crippen LogP contribution is 2.37. The van der Waals surface area contributed by atoms with Crippen molar-refractivity contribution >= 4 is 16.7 Å². The van der Waals surface area contributed by atoms with Crippen LogP contribution in [-0.4, -0.2) is 10.4 Å². The molecule has 146 valence electrons. The molecule has 1 heterocycles. The average Bonchev–Trinajstić information content (AvgIpc) is 3.13. The Morgan fingerprint density at radius 3 is 2.57 bits per heavy atom. The first kappa shape index (κ1) is 19.0. The molecule has 1 aliphatic rings. The Labute approximate surface area is 168 Å². The molecule has 4 rings (SSSR count). The summed E-state index contributed by atoms with van der Waals surface area (Å²) in [6.45, 7) is 9.93. The molecule has 0 unspecified atom stereocenters. The van der Waals surface area contributed by atoms with Crippen LogP contribution in [0.1, 0.15) is 72.8 Å². The first-order valence-corrected chi connectivity index (χ1v) is 10.7. The van der Waals surface area contributed by atoms with Crippen LogP contribution in [0.4, 0.5) is 0 Å². The molecule has 0 bridgehead atoms. The minimum absolute atomic E-state index is 0.162. The molecule has 1 aliphatic carbocycles. The van der Waals surface area contributed by atoms with Gasteiger partial charge in [0.1, 0.15) is 0 Å². The SMILES string of the molecule is CCCCCn1c(C)c(C(=O)c2ccc3c(c2)CC(C)(C)C3)c2ccccc21. The lowest BCUT2D eigenvalue weighted by Crippen LogP contribution is -2.09. The average molecular weight is 374 g/mol. The maximum Gasteiger partial charge on any atom is 0.195 e. The minimum Gasteiger partial charge on any atom is -0.344 e. The topological polar surface area (TPSA) is 22.0 Å². The van der Waals surface area contributed by atoms with Gasteiger partial charge in [-0.25, -0.2) is 0 Å². The molecule has 28 heavy (non-hydrogen) atoms. The van der Waals surface area contributed by atoms with Crippen molar-refractivity contribution in [3.8, 4) is 0 Å². The van der Waals surface area contributed by atoms with Gasteiger partial charge in [0.15, 0.2) is 5.78 Å². The van der Waals surface area contributed by atoms with Gasteiger partial charge in [-0.3, -0.25) is 4.79 Å². The maximum atomic E-state index is 13.6. The van der Waals surface area contributed by atoms with Crippen molar-refractivity contribution < 1.29 is 4.79 Å². The Kier molecular flexibility index (Phi) is 4.91. The van der Waals surface area contributed by atoms with Crippen LogP contribution < -0.4 is 0 Å². The summed E-state index contributed by atoms with van der Waals surface area (Å²) in [6, 6.07) is 14.7. The summed E-state index contributed by atoms with van der Waals surface area (Å²) in [6.07, 6.45) is 5.73. The lowest BCUT2D eigenvalue weighted by atomic mass is 9.90. The van der Waals surface area contributed by atoms with Crippen LogP contribution >= 0.6 is 0 Å². The smallest absolute Gasteiger partial charge is 0.195 e. The van der Waals surface area contributed by atoms with Crippen molar-refractivity contribution in [3.63, 3.8) is 0 Å². The number of aromatic nitrogens is 1. The standard InChI is InChI=1S/C26H31NO/c1-5-6-9-14-27-18(2)24(22-10-7-8-11-23(22)27)25(28)19-12-13-20-16-26(3,4)17-21(20)15-19/h7-8,10-13,15H,5-6,9,14,16-17H2,1-4H3. The molecule has 2 aromatic carbocycles. The van der Waals surface area contributed by atoms with E-state index in [-0.39, 0.29) is 5.78 Å². The molecular weight excluding hydrogens is 342 g/mol. The summed E-state index contributed by atoms with van der Waals surface area (Å²) in [5, 5.41) is 1.09. The highest BCUT2D eigenvalue weighted by Gasteiger charge is 2.29. The fourth-order valence-electron chi connectivity index (χ4n) is 4.87. The van der Waals surface area contributed by atoms with Crippen LogP contribution in [0.25, 0.3) is 10.9 Å². The van der Waals surface area contributed by atoms with Gasteiger partial charge in [0.2, 0.25) is 0 Å². The van der Waals surface area contributed by atoms with E-state index < -0.39 is 0 Å². The van der Waals surface area contributed by atoms with Gasteiger partial charge in [-0.05, 0) is 54.9 Å². The van der Waals surface area contributed by atoms with Crippen molar-refractivity contribution in [2.45, 2.75) is 66.3 Å². The summed E-state index contributed by atoms with van der Waals surface area (Å²) in [7, 11) is 0. The van der Waals surface area contributed by atoms with E-state index in [1.54, 1.807) is 0 Å². The fourth-order valence-corrected chi connectivity index (χ4v) is 4.87. The second-order valence-corrected chi connectivity index (χ2v) is 9.17. The van der Waals surface area contributed by atoms with Crippen molar-refractivity contribution in [1.29, 1.82) is 0 Å². The zero-order valence-corrected chi connectivity index (χ0v) is 17.6. The van der Waals surface area contributed by atoms with Crippen molar-refractivity contribution in [2.75, 3.05) is 0 Å². The largest absolute Gasteiger partial charge is 0.344 e. The molecule has 0 aliphatic heterocycles. The number of aryl methyl sites for hydroxylation is 1. The molecule has 0 N–H and O–H groups in total. The number of nitrogens with zero attached hydrogens (tertiary/aromatic N) is 1. The van der Waals surface area contributed by atoms with Gasteiger partial charge in [-0.2, -0.15) is 0 Å². The quantitative estimate of drug-likeness (QED) is 0.357. The number of hydrogen-bond donors (Lipinski definition) is 0. The van der Waals surface area contributed by atoms with Gasteiger partial charge in [0, 0.05) is 28.7 Å². The summed E-state index contributed by atoms with van der Waals surface area (Å²) in [5.74, 6) is 0.162.